The van der Waals surface area contributed by atoms with Crippen LogP contribution in [0.2, 0.25) is 0 Å². The molecule has 1 amide bonds. The van der Waals surface area contributed by atoms with Crippen LogP contribution in [0, 0.1) is 24.2 Å². The van der Waals surface area contributed by atoms with E-state index in [-0.39, 0.29) is 17.6 Å². The smallest absolute Gasteiger partial charge is 0.269 e. The topological polar surface area (TPSA) is 101 Å². The van der Waals surface area contributed by atoms with Gasteiger partial charge in [0.1, 0.15) is 6.07 Å². The zero-order valence-electron chi connectivity index (χ0n) is 23.6. The largest absolute Gasteiger partial charge is 0.379 e. The number of hydrazine groups is 1. The van der Waals surface area contributed by atoms with Gasteiger partial charge < -0.3 is 9.64 Å². The summed E-state index contributed by atoms with van der Waals surface area (Å²) in [6.45, 7) is 18.0. The number of morpholine rings is 1. The number of ether oxygens (including phenoxy) is 1. The number of anilines is 1. The molecule has 1 aromatic carbocycles. The number of amides is 1. The highest BCUT2D eigenvalue weighted by Crippen LogP contribution is 2.17. The van der Waals surface area contributed by atoms with E-state index in [0.717, 1.165) is 77.7 Å². The number of rotatable bonds is 11. The highest BCUT2D eigenvalue weighted by Gasteiger charge is 2.20. The van der Waals surface area contributed by atoms with Gasteiger partial charge in [-0.2, -0.15) is 10.2 Å². The van der Waals surface area contributed by atoms with Gasteiger partial charge in [0.2, 0.25) is 5.82 Å². The molecule has 3 heterocycles. The minimum Gasteiger partial charge on any atom is -0.379 e. The van der Waals surface area contributed by atoms with E-state index in [2.05, 4.69) is 43.9 Å². The maximum Gasteiger partial charge on any atom is 0.269 e. The molecule has 2 aliphatic rings. The number of nitrogens with one attached hydrogen (secondary N) is 1. The van der Waals surface area contributed by atoms with Crippen molar-refractivity contribution >= 4 is 11.7 Å². The molecule has 1 aromatic heterocycles. The van der Waals surface area contributed by atoms with Gasteiger partial charge in [0.15, 0.2) is 5.82 Å². The summed E-state index contributed by atoms with van der Waals surface area (Å²) in [4.78, 5) is 29.0. The van der Waals surface area contributed by atoms with Crippen LogP contribution < -0.4 is 10.4 Å². The summed E-state index contributed by atoms with van der Waals surface area (Å²) in [6.07, 6.45) is 2.83. The first-order valence-electron chi connectivity index (χ1n) is 14.1. The number of aryl methyl sites for hydroxylation is 1. The lowest BCUT2D eigenvalue weighted by Crippen LogP contribution is -2.46. The van der Waals surface area contributed by atoms with Crippen molar-refractivity contribution < 1.29 is 9.53 Å². The van der Waals surface area contributed by atoms with Crippen molar-refractivity contribution in [2.75, 3.05) is 77.1 Å². The van der Waals surface area contributed by atoms with Gasteiger partial charge >= 0.3 is 0 Å². The zero-order valence-corrected chi connectivity index (χ0v) is 23.6. The Morgan fingerprint density at radius 3 is 2.33 bits per heavy atom. The molecule has 0 bridgehead atoms. The van der Waals surface area contributed by atoms with Crippen molar-refractivity contribution in [2.45, 2.75) is 33.7 Å². The van der Waals surface area contributed by atoms with Crippen LogP contribution in [0.1, 0.15) is 47.6 Å². The summed E-state index contributed by atoms with van der Waals surface area (Å²) in [5.74, 6) is 0.694. The highest BCUT2D eigenvalue weighted by atomic mass is 16.5. The van der Waals surface area contributed by atoms with E-state index in [1.807, 2.05) is 37.3 Å². The number of nitrogens with zero attached hydrogens (tertiary/aromatic N) is 7. The van der Waals surface area contributed by atoms with Gasteiger partial charge in [-0.1, -0.05) is 26.0 Å². The Bertz CT molecular complexity index is 1100. The normalized spacial score (nSPS) is 17.2. The lowest BCUT2D eigenvalue weighted by molar-refractivity contribution is 0.0350. The number of aromatic nitrogens is 2. The average Bonchev–Trinajstić information content (AvgIpc) is 2.94. The van der Waals surface area contributed by atoms with Gasteiger partial charge in [0.05, 0.1) is 13.2 Å². The first kappa shape index (κ1) is 28.9. The Hall–Kier alpha value is -3.10. The third kappa shape index (κ3) is 8.70. The van der Waals surface area contributed by atoms with Crippen molar-refractivity contribution in [3.05, 3.63) is 53.0 Å². The lowest BCUT2D eigenvalue weighted by Gasteiger charge is -2.35. The lowest BCUT2D eigenvalue weighted by atomic mass is 10.1. The second-order valence-corrected chi connectivity index (χ2v) is 10.9. The van der Waals surface area contributed by atoms with E-state index in [4.69, 9.17) is 4.74 Å². The van der Waals surface area contributed by atoms with Gasteiger partial charge in [-0.05, 0) is 50.0 Å². The van der Waals surface area contributed by atoms with Crippen molar-refractivity contribution in [3.63, 3.8) is 0 Å². The number of carbonyl (C=O) groups is 1. The molecule has 2 saturated heterocycles. The zero-order chi connectivity index (χ0) is 27.6. The SMILES string of the molecule is Cc1cnc(C#N)nc1N(CC(C)C)NC(=O)c1ccc(CN2CCN(CCCN3CCOCC3)CC2)cc1. The number of hydrogen-bond acceptors (Lipinski definition) is 9. The van der Waals surface area contributed by atoms with Gasteiger partial charge in [-0.25, -0.2) is 4.98 Å². The van der Waals surface area contributed by atoms with Crippen molar-refractivity contribution in [2.24, 2.45) is 5.92 Å². The van der Waals surface area contributed by atoms with Crippen molar-refractivity contribution in [1.29, 1.82) is 5.26 Å². The Labute approximate surface area is 232 Å². The highest BCUT2D eigenvalue weighted by molar-refractivity contribution is 5.95. The first-order valence-corrected chi connectivity index (χ1v) is 14.1. The number of carbonyl (C=O) groups excluding carboxylic acids is 1. The summed E-state index contributed by atoms with van der Waals surface area (Å²) in [6, 6.07) is 9.83. The number of piperazine rings is 1. The second kappa shape index (κ2) is 14.3. The molecule has 0 saturated carbocycles. The molecule has 0 aliphatic carbocycles. The monoisotopic (exact) mass is 534 g/mol. The van der Waals surface area contributed by atoms with Crippen LogP contribution in [0.15, 0.2) is 30.5 Å². The third-order valence-corrected chi connectivity index (χ3v) is 7.22. The molecule has 10 heteroatoms. The molecule has 4 rings (SSSR count). The standard InChI is InChI=1S/C29H42N8O2/c1-23(2)21-37(28-24(3)20-31-27(19-30)32-28)33-29(38)26-7-5-25(6-8-26)22-36-13-11-34(12-14-36)9-4-10-35-15-17-39-18-16-35/h5-8,20,23H,4,9-18,21-22H2,1-3H3,(H,33,38). The second-order valence-electron chi connectivity index (χ2n) is 10.9. The maximum atomic E-state index is 13.1. The molecule has 0 unspecified atom stereocenters. The molecule has 2 fully saturated rings. The van der Waals surface area contributed by atoms with Gasteiger partial charge in [0.25, 0.3) is 5.91 Å². The van der Waals surface area contributed by atoms with E-state index in [0.29, 0.717) is 17.9 Å². The molecule has 2 aliphatic heterocycles. The van der Waals surface area contributed by atoms with Crippen LogP contribution in [0.25, 0.3) is 0 Å². The number of benzene rings is 1. The van der Waals surface area contributed by atoms with E-state index >= 15 is 0 Å². The summed E-state index contributed by atoms with van der Waals surface area (Å²) in [5.41, 5.74) is 5.57. The molecule has 2 aromatic rings. The quantitative estimate of drug-likeness (QED) is 0.435. The number of nitriles is 1. The molecule has 0 radical (unpaired) electrons. The Kier molecular flexibility index (Phi) is 10.6. The Balaban J connectivity index is 1.25. The summed E-state index contributed by atoms with van der Waals surface area (Å²) < 4.78 is 5.44. The van der Waals surface area contributed by atoms with E-state index in [1.54, 1.807) is 11.2 Å². The van der Waals surface area contributed by atoms with E-state index in [1.165, 1.54) is 12.0 Å². The van der Waals surface area contributed by atoms with Gasteiger partial charge in [-0.3, -0.25) is 25.0 Å². The van der Waals surface area contributed by atoms with Crippen LogP contribution in [0.5, 0.6) is 0 Å². The molecule has 210 valence electrons. The fourth-order valence-corrected chi connectivity index (χ4v) is 5.03. The van der Waals surface area contributed by atoms with Gasteiger partial charge in [-0.15, -0.1) is 0 Å². The maximum absolute atomic E-state index is 13.1. The predicted octanol–water partition coefficient (Wildman–Crippen LogP) is 2.30. The van der Waals surface area contributed by atoms with Crippen molar-refractivity contribution in [1.82, 2.24) is 30.1 Å². The summed E-state index contributed by atoms with van der Waals surface area (Å²) in [7, 11) is 0. The molecular formula is C29H42N8O2. The van der Waals surface area contributed by atoms with Crippen LogP contribution >= 0.6 is 0 Å². The van der Waals surface area contributed by atoms with Crippen LogP contribution in [0.3, 0.4) is 0 Å². The molecule has 1 N–H and O–H groups in total. The minimum absolute atomic E-state index is 0.0804. The molecular weight excluding hydrogens is 492 g/mol. The molecule has 0 spiro atoms. The van der Waals surface area contributed by atoms with E-state index in [9.17, 15) is 10.1 Å². The molecule has 0 atom stereocenters. The molecule has 10 nitrogen and oxygen atoms in total. The van der Waals surface area contributed by atoms with E-state index < -0.39 is 0 Å². The predicted molar refractivity (Wildman–Crippen MR) is 151 cm³/mol. The van der Waals surface area contributed by atoms with Crippen LogP contribution in [-0.2, 0) is 11.3 Å². The summed E-state index contributed by atoms with van der Waals surface area (Å²) in [5, 5.41) is 10.9. The van der Waals surface area contributed by atoms with Crippen LogP contribution in [0.4, 0.5) is 5.82 Å². The minimum atomic E-state index is -0.204. The Morgan fingerprint density at radius 1 is 1.05 bits per heavy atom. The van der Waals surface area contributed by atoms with Crippen LogP contribution in [-0.4, -0.2) is 103 Å². The fraction of sp³-hybridized carbons (Fsp3) is 0.586. The van der Waals surface area contributed by atoms with Crippen molar-refractivity contribution in [3.8, 4) is 6.07 Å². The van der Waals surface area contributed by atoms with Gasteiger partial charge in [0, 0.05) is 69.7 Å². The fourth-order valence-electron chi connectivity index (χ4n) is 5.03. The molecule has 39 heavy (non-hydrogen) atoms. The number of hydrogen-bond donors (Lipinski definition) is 1. The summed E-state index contributed by atoms with van der Waals surface area (Å²) >= 11 is 0. The third-order valence-electron chi connectivity index (χ3n) is 7.22. The average molecular weight is 535 g/mol. The first-order chi connectivity index (χ1) is 18.9. The Morgan fingerprint density at radius 2 is 1.69 bits per heavy atom.